The summed E-state index contributed by atoms with van der Waals surface area (Å²) in [5, 5.41) is 4.46. The number of hydrogen-bond donors (Lipinski definition) is 1. The first-order chi connectivity index (χ1) is 8.37. The van der Waals surface area contributed by atoms with Crippen LogP contribution in [-0.4, -0.2) is 36.8 Å². The van der Waals surface area contributed by atoms with Crippen molar-refractivity contribution in [3.63, 3.8) is 0 Å². The molecular weight excluding hydrogens is 242 g/mol. The van der Waals surface area contributed by atoms with Crippen LogP contribution in [0.2, 0.25) is 0 Å². The highest BCUT2D eigenvalue weighted by molar-refractivity contribution is 7.99. The summed E-state index contributed by atoms with van der Waals surface area (Å²) >= 11 is 1.95. The molecule has 2 nitrogen and oxygen atoms in total. The predicted octanol–water partition coefficient (Wildman–Crippen LogP) is 3.56. The van der Waals surface area contributed by atoms with Crippen LogP contribution in [0.15, 0.2) is 0 Å². The van der Waals surface area contributed by atoms with Gasteiger partial charge in [0.1, 0.15) is 0 Å². The van der Waals surface area contributed by atoms with E-state index in [2.05, 4.69) is 46.2 Å². The van der Waals surface area contributed by atoms with E-state index in [1.54, 1.807) is 0 Å². The molecule has 0 bridgehead atoms. The highest BCUT2D eigenvalue weighted by Crippen LogP contribution is 2.42. The maximum absolute atomic E-state index is 5.99. The molecule has 0 aromatic carbocycles. The van der Waals surface area contributed by atoms with E-state index in [4.69, 9.17) is 4.74 Å². The third kappa shape index (κ3) is 4.43. The Labute approximate surface area is 118 Å². The Morgan fingerprint density at radius 3 is 2.50 bits per heavy atom. The fraction of sp³-hybridized carbons (Fsp3) is 1.00. The van der Waals surface area contributed by atoms with Crippen molar-refractivity contribution in [1.29, 1.82) is 0 Å². The van der Waals surface area contributed by atoms with Gasteiger partial charge in [0.25, 0.3) is 0 Å². The lowest BCUT2D eigenvalue weighted by molar-refractivity contribution is -0.123. The van der Waals surface area contributed by atoms with Crippen molar-refractivity contribution in [2.24, 2.45) is 11.3 Å². The maximum atomic E-state index is 5.99. The zero-order valence-electron chi connectivity index (χ0n) is 13.0. The Morgan fingerprint density at radius 2 is 2.00 bits per heavy atom. The molecule has 108 valence electrons. The molecule has 3 heteroatoms. The van der Waals surface area contributed by atoms with Crippen LogP contribution in [0.4, 0.5) is 0 Å². The molecule has 3 atom stereocenters. The van der Waals surface area contributed by atoms with Gasteiger partial charge in [-0.25, -0.2) is 0 Å². The van der Waals surface area contributed by atoms with Gasteiger partial charge < -0.3 is 10.1 Å². The number of nitrogens with one attached hydrogen (secondary N) is 1. The molecule has 1 saturated carbocycles. The molecule has 0 aromatic rings. The molecule has 0 aromatic heterocycles. The molecule has 1 N–H and O–H groups in total. The molecule has 3 unspecified atom stereocenters. The second-order valence-corrected chi connectivity index (χ2v) is 7.89. The first kappa shape index (κ1) is 16.3. The highest BCUT2D eigenvalue weighted by Gasteiger charge is 2.48. The zero-order valence-corrected chi connectivity index (χ0v) is 13.8. The number of thioether (sulfide) groups is 1. The SMILES string of the molecule is CSC(C)CCNC1CC(OCC(C)C)C1(C)C. The standard InChI is InChI=1S/C15H31NOS/c1-11(2)10-17-14-9-13(15(14,4)5)16-8-7-12(3)18-6/h11-14,16H,7-10H2,1-6H3. The molecule has 18 heavy (non-hydrogen) atoms. The Hall–Kier alpha value is 0.270. The molecule has 0 saturated heterocycles. The zero-order chi connectivity index (χ0) is 13.8. The first-order valence-corrected chi connectivity index (χ1v) is 8.54. The van der Waals surface area contributed by atoms with Crippen molar-refractivity contribution in [2.75, 3.05) is 19.4 Å². The number of rotatable bonds is 8. The Balaban J connectivity index is 2.22. The van der Waals surface area contributed by atoms with Crippen molar-refractivity contribution in [2.45, 2.75) is 64.9 Å². The molecule has 0 spiro atoms. The van der Waals surface area contributed by atoms with Gasteiger partial charge in [0.15, 0.2) is 0 Å². The van der Waals surface area contributed by atoms with Crippen molar-refractivity contribution >= 4 is 11.8 Å². The smallest absolute Gasteiger partial charge is 0.0656 e. The normalized spacial score (nSPS) is 28.2. The van der Waals surface area contributed by atoms with E-state index < -0.39 is 0 Å². The summed E-state index contributed by atoms with van der Waals surface area (Å²) in [6, 6.07) is 0.628. The topological polar surface area (TPSA) is 21.3 Å². The van der Waals surface area contributed by atoms with Crippen molar-refractivity contribution < 1.29 is 4.74 Å². The molecule has 1 rings (SSSR count). The summed E-state index contributed by atoms with van der Waals surface area (Å²) in [6.45, 7) is 13.4. The van der Waals surface area contributed by atoms with Crippen LogP contribution >= 0.6 is 11.8 Å². The van der Waals surface area contributed by atoms with Crippen LogP contribution in [-0.2, 0) is 4.74 Å². The second kappa shape index (κ2) is 7.16. The van der Waals surface area contributed by atoms with Crippen LogP contribution in [0.25, 0.3) is 0 Å². The average molecular weight is 273 g/mol. The summed E-state index contributed by atoms with van der Waals surface area (Å²) in [6.07, 6.45) is 5.06. The van der Waals surface area contributed by atoms with Crippen LogP contribution in [0, 0.1) is 11.3 Å². The molecule has 1 aliphatic rings. The lowest BCUT2D eigenvalue weighted by atomic mass is 9.64. The van der Waals surface area contributed by atoms with Crippen LogP contribution in [0.5, 0.6) is 0 Å². The third-order valence-electron chi connectivity index (χ3n) is 4.15. The van der Waals surface area contributed by atoms with Crippen LogP contribution in [0.3, 0.4) is 0 Å². The first-order valence-electron chi connectivity index (χ1n) is 7.25. The van der Waals surface area contributed by atoms with E-state index in [0.717, 1.165) is 18.4 Å². The van der Waals surface area contributed by atoms with Gasteiger partial charge in [-0.2, -0.15) is 11.8 Å². The predicted molar refractivity (Wildman–Crippen MR) is 82.4 cm³/mol. The molecule has 0 heterocycles. The Kier molecular flexibility index (Phi) is 6.49. The summed E-state index contributed by atoms with van der Waals surface area (Å²) in [5.74, 6) is 0.634. The minimum absolute atomic E-state index is 0.289. The van der Waals surface area contributed by atoms with Crippen molar-refractivity contribution in [3.05, 3.63) is 0 Å². The molecular formula is C15H31NOS. The minimum atomic E-state index is 0.289. The van der Waals surface area contributed by atoms with Gasteiger partial charge in [0, 0.05) is 23.3 Å². The van der Waals surface area contributed by atoms with E-state index in [9.17, 15) is 0 Å². The van der Waals surface area contributed by atoms with Gasteiger partial charge >= 0.3 is 0 Å². The molecule has 0 radical (unpaired) electrons. The molecule has 1 fully saturated rings. The van der Waals surface area contributed by atoms with Gasteiger partial charge in [-0.05, 0) is 31.6 Å². The molecule has 0 aliphatic heterocycles. The van der Waals surface area contributed by atoms with Gasteiger partial charge in [-0.1, -0.05) is 34.6 Å². The van der Waals surface area contributed by atoms with Crippen molar-refractivity contribution in [1.82, 2.24) is 5.32 Å². The van der Waals surface area contributed by atoms with E-state index in [-0.39, 0.29) is 5.41 Å². The fourth-order valence-electron chi connectivity index (χ4n) is 2.40. The van der Waals surface area contributed by atoms with Crippen molar-refractivity contribution in [3.8, 4) is 0 Å². The minimum Gasteiger partial charge on any atom is -0.377 e. The monoisotopic (exact) mass is 273 g/mol. The quantitative estimate of drug-likeness (QED) is 0.730. The second-order valence-electron chi connectivity index (χ2n) is 6.61. The highest BCUT2D eigenvalue weighted by atomic mass is 32.2. The average Bonchev–Trinajstić information content (AvgIpc) is 2.30. The Bertz CT molecular complexity index is 243. The summed E-state index contributed by atoms with van der Waals surface area (Å²) in [4.78, 5) is 0. The van der Waals surface area contributed by atoms with E-state index >= 15 is 0 Å². The van der Waals surface area contributed by atoms with Gasteiger partial charge in [0.2, 0.25) is 0 Å². The van der Waals surface area contributed by atoms with E-state index in [0.29, 0.717) is 18.1 Å². The largest absolute Gasteiger partial charge is 0.377 e. The lowest BCUT2D eigenvalue weighted by Gasteiger charge is -2.52. The lowest BCUT2D eigenvalue weighted by Crippen LogP contribution is -2.61. The van der Waals surface area contributed by atoms with E-state index in [1.165, 1.54) is 12.8 Å². The number of hydrogen-bond acceptors (Lipinski definition) is 3. The third-order valence-corrected chi connectivity index (χ3v) is 5.19. The maximum Gasteiger partial charge on any atom is 0.0656 e. The molecule has 0 amide bonds. The van der Waals surface area contributed by atoms with Crippen LogP contribution in [0.1, 0.15) is 47.5 Å². The summed E-state index contributed by atoms with van der Waals surface area (Å²) < 4.78 is 5.99. The summed E-state index contributed by atoms with van der Waals surface area (Å²) in [5.41, 5.74) is 0.289. The Morgan fingerprint density at radius 1 is 1.33 bits per heavy atom. The van der Waals surface area contributed by atoms with Gasteiger partial charge in [-0.3, -0.25) is 0 Å². The summed E-state index contributed by atoms with van der Waals surface area (Å²) in [7, 11) is 0. The van der Waals surface area contributed by atoms with Gasteiger partial charge in [-0.15, -0.1) is 0 Å². The van der Waals surface area contributed by atoms with Gasteiger partial charge in [0.05, 0.1) is 6.10 Å². The fourth-order valence-corrected chi connectivity index (χ4v) is 2.76. The number of ether oxygens (including phenoxy) is 1. The molecule has 1 aliphatic carbocycles. The van der Waals surface area contributed by atoms with E-state index in [1.807, 2.05) is 11.8 Å². The van der Waals surface area contributed by atoms with Crippen LogP contribution < -0.4 is 5.32 Å².